The van der Waals surface area contributed by atoms with Crippen molar-refractivity contribution in [2.75, 3.05) is 13.2 Å². The van der Waals surface area contributed by atoms with Crippen LogP contribution in [0.2, 0.25) is 5.02 Å². The molecule has 1 N–H and O–H groups in total. The second-order valence-electron chi connectivity index (χ2n) is 4.86. The largest absolute Gasteiger partial charge is 0.482 e. The van der Waals surface area contributed by atoms with Gasteiger partial charge in [-0.1, -0.05) is 11.6 Å². The third kappa shape index (κ3) is 3.63. The van der Waals surface area contributed by atoms with Crippen LogP contribution in [0.3, 0.4) is 0 Å². The number of ether oxygens (including phenoxy) is 2. The number of carbonyl (C=O) groups is 1. The first-order valence-electron chi connectivity index (χ1n) is 7.20. The van der Waals surface area contributed by atoms with Crippen LogP contribution in [0, 0.1) is 0 Å². The Hall–Kier alpha value is -2.53. The molecule has 0 radical (unpaired) electrons. The molecule has 0 spiro atoms. The van der Waals surface area contributed by atoms with Crippen LogP contribution in [0.4, 0.5) is 0 Å². The molecule has 3 aromatic rings. The van der Waals surface area contributed by atoms with Gasteiger partial charge in [0, 0.05) is 10.6 Å². The Morgan fingerprint density at radius 2 is 2.00 bits per heavy atom. The van der Waals surface area contributed by atoms with Crippen molar-refractivity contribution in [3.8, 4) is 17.1 Å². The lowest BCUT2D eigenvalue weighted by molar-refractivity contribution is -0.145. The second kappa shape index (κ2) is 6.71. The predicted octanol–water partition coefficient (Wildman–Crippen LogP) is 3.83. The molecule has 3 rings (SSSR count). The maximum absolute atomic E-state index is 11.3. The van der Waals surface area contributed by atoms with Crippen LogP contribution in [-0.4, -0.2) is 29.2 Å². The fourth-order valence-corrected chi connectivity index (χ4v) is 2.34. The number of hydrogen-bond acceptors (Lipinski definition) is 4. The lowest BCUT2D eigenvalue weighted by Crippen LogP contribution is -2.14. The molecule has 23 heavy (non-hydrogen) atoms. The molecule has 0 aliphatic heterocycles. The SMILES string of the molecule is CCOC(=O)COc1ccc(-c2nc3ccc(Cl)cc3[nH]2)cc1. The van der Waals surface area contributed by atoms with Crippen LogP contribution in [0.1, 0.15) is 6.92 Å². The van der Waals surface area contributed by atoms with E-state index in [9.17, 15) is 4.79 Å². The highest BCUT2D eigenvalue weighted by Crippen LogP contribution is 2.24. The average Bonchev–Trinajstić information content (AvgIpc) is 2.97. The topological polar surface area (TPSA) is 64.2 Å². The van der Waals surface area contributed by atoms with E-state index in [0.29, 0.717) is 17.4 Å². The van der Waals surface area contributed by atoms with Crippen molar-refractivity contribution in [2.45, 2.75) is 6.92 Å². The van der Waals surface area contributed by atoms with Gasteiger partial charge in [-0.2, -0.15) is 0 Å². The summed E-state index contributed by atoms with van der Waals surface area (Å²) in [7, 11) is 0. The number of H-pyrrole nitrogens is 1. The van der Waals surface area contributed by atoms with Crippen LogP contribution in [-0.2, 0) is 9.53 Å². The monoisotopic (exact) mass is 330 g/mol. The number of carbonyl (C=O) groups excluding carboxylic acids is 1. The zero-order chi connectivity index (χ0) is 16.2. The predicted molar refractivity (Wildman–Crippen MR) is 88.7 cm³/mol. The number of benzene rings is 2. The minimum absolute atomic E-state index is 0.101. The van der Waals surface area contributed by atoms with Crippen molar-refractivity contribution in [2.24, 2.45) is 0 Å². The van der Waals surface area contributed by atoms with E-state index in [1.54, 1.807) is 25.1 Å². The third-order valence-corrected chi connectivity index (χ3v) is 3.47. The van der Waals surface area contributed by atoms with E-state index in [1.807, 2.05) is 24.3 Å². The molecule has 0 saturated carbocycles. The number of halogens is 1. The van der Waals surface area contributed by atoms with Gasteiger partial charge in [0.25, 0.3) is 0 Å². The van der Waals surface area contributed by atoms with Gasteiger partial charge in [0.15, 0.2) is 6.61 Å². The Morgan fingerprint density at radius 3 is 2.74 bits per heavy atom. The molecule has 0 fully saturated rings. The fraction of sp³-hybridized carbons (Fsp3) is 0.176. The third-order valence-electron chi connectivity index (χ3n) is 3.23. The van der Waals surface area contributed by atoms with Gasteiger partial charge in [0.1, 0.15) is 11.6 Å². The normalized spacial score (nSPS) is 10.7. The van der Waals surface area contributed by atoms with Crippen molar-refractivity contribution in [3.05, 3.63) is 47.5 Å². The molecule has 0 saturated heterocycles. The zero-order valence-electron chi connectivity index (χ0n) is 12.5. The van der Waals surface area contributed by atoms with Crippen LogP contribution in [0.15, 0.2) is 42.5 Å². The molecular formula is C17H15ClN2O3. The van der Waals surface area contributed by atoms with E-state index in [-0.39, 0.29) is 12.6 Å². The number of nitrogens with zero attached hydrogens (tertiary/aromatic N) is 1. The van der Waals surface area contributed by atoms with Crippen molar-refractivity contribution in [3.63, 3.8) is 0 Å². The number of aromatic amines is 1. The molecule has 0 aliphatic rings. The van der Waals surface area contributed by atoms with E-state index in [1.165, 1.54) is 0 Å². The summed E-state index contributed by atoms with van der Waals surface area (Å²) >= 11 is 5.98. The van der Waals surface area contributed by atoms with E-state index >= 15 is 0 Å². The van der Waals surface area contributed by atoms with Crippen LogP contribution in [0.25, 0.3) is 22.4 Å². The number of rotatable bonds is 5. The molecule has 118 valence electrons. The summed E-state index contributed by atoms with van der Waals surface area (Å²) in [5.41, 5.74) is 2.66. The molecule has 6 heteroatoms. The molecule has 0 amide bonds. The first-order chi connectivity index (χ1) is 11.2. The Bertz CT molecular complexity index is 827. The molecule has 0 unspecified atom stereocenters. The molecule has 0 bridgehead atoms. The molecule has 1 aromatic heterocycles. The van der Waals surface area contributed by atoms with Gasteiger partial charge >= 0.3 is 5.97 Å². The number of hydrogen-bond donors (Lipinski definition) is 1. The van der Waals surface area contributed by atoms with Gasteiger partial charge in [-0.3, -0.25) is 0 Å². The number of fused-ring (bicyclic) bond motifs is 1. The molecule has 2 aromatic carbocycles. The van der Waals surface area contributed by atoms with Crippen molar-refractivity contribution in [1.82, 2.24) is 9.97 Å². The maximum atomic E-state index is 11.3. The van der Waals surface area contributed by atoms with Crippen molar-refractivity contribution >= 4 is 28.6 Å². The quantitative estimate of drug-likeness (QED) is 0.722. The highest BCUT2D eigenvalue weighted by atomic mass is 35.5. The van der Waals surface area contributed by atoms with Gasteiger partial charge in [0.2, 0.25) is 0 Å². The summed E-state index contributed by atoms with van der Waals surface area (Å²) in [6.07, 6.45) is 0. The minimum Gasteiger partial charge on any atom is -0.482 e. The molecule has 5 nitrogen and oxygen atoms in total. The minimum atomic E-state index is -0.384. The first kappa shape index (κ1) is 15.4. The Balaban J connectivity index is 1.74. The Labute approximate surface area is 138 Å². The number of imidazole rings is 1. The number of aromatic nitrogens is 2. The van der Waals surface area contributed by atoms with E-state index in [0.717, 1.165) is 22.4 Å². The zero-order valence-corrected chi connectivity index (χ0v) is 13.3. The highest BCUT2D eigenvalue weighted by molar-refractivity contribution is 6.31. The summed E-state index contributed by atoms with van der Waals surface area (Å²) < 4.78 is 10.2. The number of nitrogens with one attached hydrogen (secondary N) is 1. The second-order valence-corrected chi connectivity index (χ2v) is 5.30. The summed E-state index contributed by atoms with van der Waals surface area (Å²) in [4.78, 5) is 19.0. The van der Waals surface area contributed by atoms with Crippen LogP contribution in [0.5, 0.6) is 5.75 Å². The Morgan fingerprint density at radius 1 is 1.22 bits per heavy atom. The number of esters is 1. The van der Waals surface area contributed by atoms with Gasteiger partial charge in [-0.05, 0) is 49.4 Å². The average molecular weight is 331 g/mol. The summed E-state index contributed by atoms with van der Waals surface area (Å²) in [5, 5.41) is 0.662. The van der Waals surface area contributed by atoms with Crippen LogP contribution >= 0.6 is 11.6 Å². The standard InChI is InChI=1S/C17H15ClN2O3/c1-2-22-16(21)10-23-13-6-3-11(4-7-13)17-19-14-8-5-12(18)9-15(14)20-17/h3-9H,2,10H2,1H3,(H,19,20). The van der Waals surface area contributed by atoms with Gasteiger partial charge in [0.05, 0.1) is 17.6 Å². The van der Waals surface area contributed by atoms with Crippen molar-refractivity contribution < 1.29 is 14.3 Å². The lowest BCUT2D eigenvalue weighted by Gasteiger charge is -2.06. The summed E-state index contributed by atoms with van der Waals surface area (Å²) in [6, 6.07) is 12.8. The molecule has 0 aliphatic carbocycles. The van der Waals surface area contributed by atoms with Crippen LogP contribution < -0.4 is 4.74 Å². The van der Waals surface area contributed by atoms with E-state index < -0.39 is 0 Å². The molecular weight excluding hydrogens is 316 g/mol. The van der Waals surface area contributed by atoms with Crippen molar-refractivity contribution in [1.29, 1.82) is 0 Å². The Kier molecular flexibility index (Phi) is 4.48. The van der Waals surface area contributed by atoms with Gasteiger partial charge in [-0.15, -0.1) is 0 Å². The van der Waals surface area contributed by atoms with E-state index in [4.69, 9.17) is 21.1 Å². The summed E-state index contributed by atoms with van der Waals surface area (Å²) in [6.45, 7) is 2.00. The maximum Gasteiger partial charge on any atom is 0.344 e. The summed E-state index contributed by atoms with van der Waals surface area (Å²) in [5.74, 6) is 0.964. The van der Waals surface area contributed by atoms with E-state index in [2.05, 4.69) is 9.97 Å². The fourth-order valence-electron chi connectivity index (χ4n) is 2.17. The van der Waals surface area contributed by atoms with Gasteiger partial charge < -0.3 is 14.5 Å². The van der Waals surface area contributed by atoms with Gasteiger partial charge in [-0.25, -0.2) is 9.78 Å². The first-order valence-corrected chi connectivity index (χ1v) is 7.57. The molecule has 1 heterocycles. The highest BCUT2D eigenvalue weighted by Gasteiger charge is 2.07. The molecule has 0 atom stereocenters. The lowest BCUT2D eigenvalue weighted by atomic mass is 10.2. The smallest absolute Gasteiger partial charge is 0.344 e.